The van der Waals surface area contributed by atoms with Gasteiger partial charge in [0.1, 0.15) is 17.4 Å². The van der Waals surface area contributed by atoms with E-state index in [1.807, 2.05) is 0 Å². The van der Waals surface area contributed by atoms with E-state index in [1.54, 1.807) is 32.4 Å². The number of nitrogens with one attached hydrogen (secondary N) is 1. The molecule has 2 rings (SSSR count). The number of benzene rings is 2. The summed E-state index contributed by atoms with van der Waals surface area (Å²) in [5.41, 5.74) is 1.72. The lowest BCUT2D eigenvalue weighted by atomic mass is 9.98. The molecule has 0 aliphatic heterocycles. The number of hydrogen-bond donors (Lipinski definition) is 1. The second-order valence-corrected chi connectivity index (χ2v) is 4.56. The van der Waals surface area contributed by atoms with Crippen molar-refractivity contribution in [2.24, 2.45) is 0 Å². The van der Waals surface area contributed by atoms with Crippen molar-refractivity contribution < 1.29 is 13.5 Å². The fourth-order valence-electron chi connectivity index (χ4n) is 2.20. The van der Waals surface area contributed by atoms with Crippen LogP contribution in [0.4, 0.5) is 8.78 Å². The highest BCUT2D eigenvalue weighted by atomic mass is 19.1. The molecule has 0 radical (unpaired) electrons. The Morgan fingerprint density at radius 1 is 1.05 bits per heavy atom. The number of rotatable bonds is 5. The van der Waals surface area contributed by atoms with Gasteiger partial charge >= 0.3 is 0 Å². The third kappa shape index (κ3) is 3.33. The van der Waals surface area contributed by atoms with Crippen molar-refractivity contribution in [3.8, 4) is 5.75 Å². The molecule has 0 amide bonds. The molecule has 0 spiro atoms. The van der Waals surface area contributed by atoms with Crippen LogP contribution in [0.15, 0.2) is 42.5 Å². The SMILES string of the molecule is CNC(Cc1ccc(F)cc1)c1cc(F)ccc1OC. The molecule has 0 aliphatic carbocycles. The standard InChI is InChI=1S/C16H17F2NO/c1-19-15(9-11-3-5-12(17)6-4-11)14-10-13(18)7-8-16(14)20-2/h3-8,10,15,19H,9H2,1-2H3. The summed E-state index contributed by atoms with van der Waals surface area (Å²) in [5, 5.41) is 3.14. The minimum atomic E-state index is -0.305. The molecule has 4 heteroatoms. The highest BCUT2D eigenvalue weighted by molar-refractivity contribution is 5.37. The summed E-state index contributed by atoms with van der Waals surface area (Å²) in [6, 6.07) is 10.6. The van der Waals surface area contributed by atoms with E-state index in [4.69, 9.17) is 4.74 Å². The van der Waals surface area contributed by atoms with Crippen LogP contribution in [0.5, 0.6) is 5.75 Å². The second kappa shape index (κ2) is 6.48. The van der Waals surface area contributed by atoms with E-state index in [1.165, 1.54) is 24.3 Å². The van der Waals surface area contributed by atoms with Crippen molar-refractivity contribution in [3.05, 3.63) is 65.2 Å². The van der Waals surface area contributed by atoms with E-state index in [2.05, 4.69) is 5.32 Å². The quantitative estimate of drug-likeness (QED) is 0.903. The van der Waals surface area contributed by atoms with Gasteiger partial charge < -0.3 is 10.1 Å². The van der Waals surface area contributed by atoms with Crippen molar-refractivity contribution in [1.29, 1.82) is 0 Å². The average Bonchev–Trinajstić information content (AvgIpc) is 2.46. The zero-order valence-corrected chi connectivity index (χ0v) is 11.5. The average molecular weight is 277 g/mol. The predicted molar refractivity (Wildman–Crippen MR) is 74.9 cm³/mol. The van der Waals surface area contributed by atoms with Gasteiger partial charge in [0.25, 0.3) is 0 Å². The van der Waals surface area contributed by atoms with E-state index in [0.29, 0.717) is 12.2 Å². The molecule has 0 aliphatic rings. The summed E-state index contributed by atoms with van der Waals surface area (Å²) in [6.45, 7) is 0. The maximum atomic E-state index is 13.4. The summed E-state index contributed by atoms with van der Waals surface area (Å²) >= 11 is 0. The molecule has 1 N–H and O–H groups in total. The molecule has 0 aromatic heterocycles. The van der Waals surface area contributed by atoms with Crippen molar-refractivity contribution in [2.75, 3.05) is 14.2 Å². The summed E-state index contributed by atoms with van der Waals surface area (Å²) in [7, 11) is 3.36. The molecule has 0 saturated carbocycles. The van der Waals surface area contributed by atoms with Crippen LogP contribution in [0.25, 0.3) is 0 Å². The Balaban J connectivity index is 2.28. The van der Waals surface area contributed by atoms with Crippen LogP contribution in [0.3, 0.4) is 0 Å². The fourth-order valence-corrected chi connectivity index (χ4v) is 2.20. The van der Waals surface area contributed by atoms with Gasteiger partial charge in [-0.15, -0.1) is 0 Å². The zero-order valence-electron chi connectivity index (χ0n) is 11.5. The van der Waals surface area contributed by atoms with Gasteiger partial charge in [0.2, 0.25) is 0 Å². The number of likely N-dealkylation sites (N-methyl/N-ethyl adjacent to an activating group) is 1. The van der Waals surface area contributed by atoms with Crippen LogP contribution in [-0.4, -0.2) is 14.2 Å². The Morgan fingerprint density at radius 3 is 2.30 bits per heavy atom. The molecule has 0 fully saturated rings. The third-order valence-corrected chi connectivity index (χ3v) is 3.27. The Bertz CT molecular complexity index is 569. The molecule has 1 unspecified atom stereocenters. The maximum Gasteiger partial charge on any atom is 0.123 e. The first kappa shape index (κ1) is 14.5. The van der Waals surface area contributed by atoms with Gasteiger partial charge in [0.15, 0.2) is 0 Å². The van der Waals surface area contributed by atoms with Crippen LogP contribution in [0, 0.1) is 11.6 Å². The Hall–Kier alpha value is -1.94. The number of methoxy groups -OCH3 is 1. The van der Waals surface area contributed by atoms with Crippen LogP contribution in [-0.2, 0) is 6.42 Å². The molecule has 0 saturated heterocycles. The molecule has 20 heavy (non-hydrogen) atoms. The zero-order chi connectivity index (χ0) is 14.5. The highest BCUT2D eigenvalue weighted by Crippen LogP contribution is 2.28. The van der Waals surface area contributed by atoms with Gasteiger partial charge in [-0.05, 0) is 49.4 Å². The number of hydrogen-bond acceptors (Lipinski definition) is 2. The van der Waals surface area contributed by atoms with Crippen molar-refractivity contribution in [2.45, 2.75) is 12.5 Å². The first-order valence-corrected chi connectivity index (χ1v) is 6.39. The summed E-state index contributed by atoms with van der Waals surface area (Å²) in [5.74, 6) is 0.0612. The highest BCUT2D eigenvalue weighted by Gasteiger charge is 2.16. The minimum absolute atomic E-state index is 0.105. The Labute approximate surface area is 117 Å². The smallest absolute Gasteiger partial charge is 0.123 e. The molecule has 2 nitrogen and oxygen atoms in total. The number of ether oxygens (including phenoxy) is 1. The van der Waals surface area contributed by atoms with Crippen LogP contribution in [0.1, 0.15) is 17.2 Å². The number of halogens is 2. The summed E-state index contributed by atoms with van der Waals surface area (Å²) in [6.07, 6.45) is 0.622. The Kier molecular flexibility index (Phi) is 4.69. The lowest BCUT2D eigenvalue weighted by Gasteiger charge is -2.19. The van der Waals surface area contributed by atoms with E-state index in [9.17, 15) is 8.78 Å². The summed E-state index contributed by atoms with van der Waals surface area (Å²) in [4.78, 5) is 0. The molecular formula is C16H17F2NO. The molecule has 2 aromatic carbocycles. The summed E-state index contributed by atoms with van der Waals surface area (Å²) < 4.78 is 31.6. The van der Waals surface area contributed by atoms with Gasteiger partial charge in [0, 0.05) is 11.6 Å². The van der Waals surface area contributed by atoms with Crippen LogP contribution < -0.4 is 10.1 Å². The monoisotopic (exact) mass is 277 g/mol. The lowest BCUT2D eigenvalue weighted by molar-refractivity contribution is 0.399. The molecular weight excluding hydrogens is 260 g/mol. The van der Waals surface area contributed by atoms with Gasteiger partial charge in [-0.2, -0.15) is 0 Å². The topological polar surface area (TPSA) is 21.3 Å². The third-order valence-electron chi connectivity index (χ3n) is 3.27. The second-order valence-electron chi connectivity index (χ2n) is 4.56. The normalized spacial score (nSPS) is 12.2. The van der Waals surface area contributed by atoms with Crippen molar-refractivity contribution >= 4 is 0 Å². The van der Waals surface area contributed by atoms with Crippen molar-refractivity contribution in [1.82, 2.24) is 5.32 Å². The molecule has 0 heterocycles. The predicted octanol–water partition coefficient (Wildman–Crippen LogP) is 3.48. The van der Waals surface area contributed by atoms with Crippen LogP contribution in [0.2, 0.25) is 0 Å². The van der Waals surface area contributed by atoms with Gasteiger partial charge in [-0.25, -0.2) is 8.78 Å². The molecule has 0 bridgehead atoms. The largest absolute Gasteiger partial charge is 0.496 e. The first-order chi connectivity index (χ1) is 9.63. The van der Waals surface area contributed by atoms with Gasteiger partial charge in [-0.3, -0.25) is 0 Å². The van der Waals surface area contributed by atoms with E-state index in [0.717, 1.165) is 11.1 Å². The van der Waals surface area contributed by atoms with E-state index in [-0.39, 0.29) is 17.7 Å². The van der Waals surface area contributed by atoms with Gasteiger partial charge in [-0.1, -0.05) is 12.1 Å². The lowest BCUT2D eigenvalue weighted by Crippen LogP contribution is -2.19. The first-order valence-electron chi connectivity index (χ1n) is 6.39. The molecule has 2 aromatic rings. The van der Waals surface area contributed by atoms with Crippen LogP contribution >= 0.6 is 0 Å². The van der Waals surface area contributed by atoms with Gasteiger partial charge in [0.05, 0.1) is 7.11 Å². The van der Waals surface area contributed by atoms with Crippen molar-refractivity contribution in [3.63, 3.8) is 0 Å². The van der Waals surface area contributed by atoms with E-state index >= 15 is 0 Å². The maximum absolute atomic E-state index is 13.4. The molecule has 106 valence electrons. The fraction of sp³-hybridized carbons (Fsp3) is 0.250. The Morgan fingerprint density at radius 2 is 1.70 bits per heavy atom. The minimum Gasteiger partial charge on any atom is -0.496 e. The van der Waals surface area contributed by atoms with E-state index < -0.39 is 0 Å². The molecule has 1 atom stereocenters.